The first-order valence-electron chi connectivity index (χ1n) is 7.88. The lowest BCUT2D eigenvalue weighted by Gasteiger charge is -2.22. The second-order valence-electron chi connectivity index (χ2n) is 6.45. The molecule has 2 heterocycles. The number of H-pyrrole nitrogens is 1. The van der Waals surface area contributed by atoms with Crippen molar-refractivity contribution in [1.82, 2.24) is 9.55 Å². The van der Waals surface area contributed by atoms with Crippen LogP contribution in [0, 0.1) is 5.92 Å². The van der Waals surface area contributed by atoms with Crippen LogP contribution in [-0.2, 0) is 20.8 Å². The number of halogens is 1. The Balaban J connectivity index is 1.98. The zero-order valence-corrected chi connectivity index (χ0v) is 14.0. The number of alkyl halides is 1. The summed E-state index contributed by atoms with van der Waals surface area (Å²) in [6, 6.07) is 0.242. The predicted octanol–water partition coefficient (Wildman–Crippen LogP) is -1.12. The molecule has 1 aliphatic heterocycles. The molecule has 9 nitrogen and oxygen atoms in total. The van der Waals surface area contributed by atoms with Gasteiger partial charge in [0, 0.05) is 18.7 Å². The molecular formula is C15H22FN3O6. The molecule has 10 heteroatoms. The minimum atomic E-state index is -2.37. The molecule has 0 radical (unpaired) electrons. The predicted molar refractivity (Wildman–Crippen MR) is 84.4 cm³/mol. The molecule has 0 aliphatic carbocycles. The Morgan fingerprint density at radius 3 is 2.88 bits per heavy atom. The van der Waals surface area contributed by atoms with Gasteiger partial charge in [-0.15, -0.1) is 0 Å². The summed E-state index contributed by atoms with van der Waals surface area (Å²) in [5.74, 6) is -3.30. The summed E-state index contributed by atoms with van der Waals surface area (Å²) in [6.07, 6.45) is -1.44. The smallest absolute Gasteiger partial charge is 0.328 e. The van der Waals surface area contributed by atoms with Crippen LogP contribution < -0.4 is 17.0 Å². The van der Waals surface area contributed by atoms with Crippen LogP contribution in [-0.4, -0.2) is 51.3 Å². The van der Waals surface area contributed by atoms with Gasteiger partial charge in [-0.05, 0) is 5.92 Å². The van der Waals surface area contributed by atoms with Crippen LogP contribution in [0.2, 0.25) is 0 Å². The van der Waals surface area contributed by atoms with E-state index in [1.165, 1.54) is 6.20 Å². The monoisotopic (exact) mass is 359 g/mol. The number of nitrogens with two attached hydrogens (primary N) is 1. The Kier molecular flexibility index (Phi) is 5.76. The van der Waals surface area contributed by atoms with E-state index in [-0.39, 0.29) is 12.5 Å². The summed E-state index contributed by atoms with van der Waals surface area (Å²) < 4.78 is 25.7. The Labute approximate surface area is 142 Å². The van der Waals surface area contributed by atoms with Gasteiger partial charge in [0.15, 0.2) is 6.61 Å². The van der Waals surface area contributed by atoms with Gasteiger partial charge in [0.1, 0.15) is 12.1 Å². The first kappa shape index (κ1) is 19.3. The number of nitrogens with zero attached hydrogens (tertiary/aromatic N) is 1. The number of aliphatic hydroxyl groups excluding tert-OH is 1. The highest BCUT2D eigenvalue weighted by atomic mass is 19.2. The molecule has 1 aliphatic rings. The fourth-order valence-electron chi connectivity index (χ4n) is 2.42. The Morgan fingerprint density at radius 2 is 2.28 bits per heavy atom. The van der Waals surface area contributed by atoms with Crippen molar-refractivity contribution >= 4 is 5.97 Å². The molecule has 0 unspecified atom stereocenters. The van der Waals surface area contributed by atoms with E-state index in [9.17, 15) is 23.9 Å². The minimum Gasteiger partial charge on any atom is -0.458 e. The van der Waals surface area contributed by atoms with Gasteiger partial charge in [0.05, 0.1) is 12.6 Å². The van der Waals surface area contributed by atoms with Crippen molar-refractivity contribution in [2.24, 2.45) is 11.7 Å². The van der Waals surface area contributed by atoms with Crippen LogP contribution in [0.3, 0.4) is 0 Å². The van der Waals surface area contributed by atoms with Crippen molar-refractivity contribution < 1.29 is 23.8 Å². The Morgan fingerprint density at radius 1 is 1.60 bits per heavy atom. The molecule has 4 N–H and O–H groups in total. The Hall–Kier alpha value is -2.04. The molecule has 4 atom stereocenters. The summed E-state index contributed by atoms with van der Waals surface area (Å²) in [6.45, 7) is 2.58. The van der Waals surface area contributed by atoms with Gasteiger partial charge in [0.2, 0.25) is 5.85 Å². The van der Waals surface area contributed by atoms with Gasteiger partial charge < -0.3 is 20.3 Å². The van der Waals surface area contributed by atoms with Crippen molar-refractivity contribution in [3.63, 3.8) is 0 Å². The van der Waals surface area contributed by atoms with Crippen LogP contribution in [0.5, 0.6) is 0 Å². The number of aromatic nitrogens is 2. The topological polar surface area (TPSA) is 137 Å². The fraction of sp³-hybridized carbons (Fsp3) is 0.667. The van der Waals surface area contributed by atoms with Crippen LogP contribution in [0.15, 0.2) is 21.9 Å². The highest BCUT2D eigenvalue weighted by Crippen LogP contribution is 2.33. The van der Waals surface area contributed by atoms with Gasteiger partial charge in [0.25, 0.3) is 5.56 Å². The lowest BCUT2D eigenvalue weighted by Crippen LogP contribution is -2.40. The van der Waals surface area contributed by atoms with Gasteiger partial charge >= 0.3 is 11.7 Å². The maximum atomic E-state index is 14.7. The molecule has 1 aromatic heterocycles. The molecule has 2 rings (SSSR count). The van der Waals surface area contributed by atoms with Gasteiger partial charge in [-0.3, -0.25) is 19.1 Å². The van der Waals surface area contributed by atoms with Crippen molar-refractivity contribution in [1.29, 1.82) is 0 Å². The van der Waals surface area contributed by atoms with Crippen molar-refractivity contribution in [3.8, 4) is 0 Å². The fourth-order valence-corrected chi connectivity index (χ4v) is 2.42. The molecule has 140 valence electrons. The van der Waals surface area contributed by atoms with E-state index in [2.05, 4.69) is 0 Å². The number of aromatic amines is 1. The van der Waals surface area contributed by atoms with E-state index in [4.69, 9.17) is 15.2 Å². The second kappa shape index (κ2) is 7.46. The number of carbonyl (C=O) groups is 1. The normalized spacial score (nSPS) is 27.4. The second-order valence-corrected chi connectivity index (χ2v) is 6.45. The zero-order chi connectivity index (χ0) is 18.8. The summed E-state index contributed by atoms with van der Waals surface area (Å²) in [5.41, 5.74) is 4.35. The lowest BCUT2D eigenvalue weighted by atomic mass is 10.1. The summed E-state index contributed by atoms with van der Waals surface area (Å²) in [5, 5.41) is 9.98. The molecule has 0 bridgehead atoms. The van der Waals surface area contributed by atoms with Gasteiger partial charge in [-0.2, -0.15) is 0 Å². The highest BCUT2D eigenvalue weighted by molar-refractivity contribution is 5.75. The third-order valence-electron chi connectivity index (χ3n) is 4.00. The maximum absolute atomic E-state index is 14.7. The zero-order valence-electron chi connectivity index (χ0n) is 14.0. The average Bonchev–Trinajstić information content (AvgIpc) is 2.81. The third kappa shape index (κ3) is 4.74. The van der Waals surface area contributed by atoms with E-state index < -0.39 is 54.4 Å². The van der Waals surface area contributed by atoms with E-state index >= 15 is 0 Å². The van der Waals surface area contributed by atoms with Crippen LogP contribution in [0.4, 0.5) is 4.39 Å². The van der Waals surface area contributed by atoms with E-state index in [0.717, 1.165) is 10.6 Å². The first-order chi connectivity index (χ1) is 11.6. The molecule has 1 saturated heterocycles. The number of hydrogen-bond acceptors (Lipinski definition) is 7. The standard InChI is InChI=1S/C15H22FN3O6/c1-8(2)12(17)13(22)24-7-15(16)5-9(20)10(25-15)6-19-4-3-11(21)18-14(19)23/h3-4,8-10,12,20H,5-7,17H2,1-2H3,(H,18,21,23)/t9-,10+,12+,15+/m1/s1. The minimum absolute atomic E-state index is 0.165. The number of ether oxygens (including phenoxy) is 2. The first-order valence-corrected chi connectivity index (χ1v) is 7.88. The largest absolute Gasteiger partial charge is 0.458 e. The van der Waals surface area contributed by atoms with Crippen LogP contribution in [0.25, 0.3) is 0 Å². The lowest BCUT2D eigenvalue weighted by molar-refractivity contribution is -0.186. The third-order valence-corrected chi connectivity index (χ3v) is 4.00. The molecule has 0 amide bonds. The number of carbonyl (C=O) groups excluding carboxylic acids is 1. The molecule has 0 saturated carbocycles. The number of esters is 1. The number of nitrogens with one attached hydrogen (secondary N) is 1. The summed E-state index contributed by atoms with van der Waals surface area (Å²) in [4.78, 5) is 36.4. The average molecular weight is 359 g/mol. The number of aliphatic hydroxyl groups is 1. The highest BCUT2D eigenvalue weighted by Gasteiger charge is 2.48. The van der Waals surface area contributed by atoms with Crippen molar-refractivity contribution in [3.05, 3.63) is 33.1 Å². The molecule has 1 aromatic rings. The quantitative estimate of drug-likeness (QED) is 0.547. The number of hydrogen-bond donors (Lipinski definition) is 3. The van der Waals surface area contributed by atoms with Gasteiger partial charge in [-0.1, -0.05) is 13.8 Å². The number of rotatable bonds is 6. The van der Waals surface area contributed by atoms with Crippen molar-refractivity contribution in [2.45, 2.75) is 50.9 Å². The Bertz CT molecular complexity index is 732. The van der Waals surface area contributed by atoms with E-state index in [0.29, 0.717) is 0 Å². The van der Waals surface area contributed by atoms with Crippen LogP contribution in [0.1, 0.15) is 20.3 Å². The molecule has 1 fully saturated rings. The molecular weight excluding hydrogens is 337 g/mol. The van der Waals surface area contributed by atoms with Gasteiger partial charge in [-0.25, -0.2) is 9.18 Å². The summed E-state index contributed by atoms with van der Waals surface area (Å²) in [7, 11) is 0. The molecule has 25 heavy (non-hydrogen) atoms. The molecule has 0 aromatic carbocycles. The summed E-state index contributed by atoms with van der Waals surface area (Å²) >= 11 is 0. The van der Waals surface area contributed by atoms with E-state index in [1.807, 2.05) is 4.98 Å². The van der Waals surface area contributed by atoms with E-state index in [1.54, 1.807) is 13.8 Å². The molecule has 0 spiro atoms. The maximum Gasteiger partial charge on any atom is 0.328 e. The van der Waals surface area contributed by atoms with Crippen LogP contribution >= 0.6 is 0 Å². The SMILES string of the molecule is CC(C)[C@H](N)C(=O)OC[C@]1(F)C[C@@H](O)[C@H](Cn2ccc(=O)[nH]c2=O)O1. The van der Waals surface area contributed by atoms with Crippen molar-refractivity contribution in [2.75, 3.05) is 6.61 Å².